The Bertz CT molecular complexity index is 1090. The molecule has 166 valence electrons. The van der Waals surface area contributed by atoms with Crippen molar-refractivity contribution in [3.63, 3.8) is 0 Å². The number of anilines is 1. The number of nitrogens with one attached hydrogen (secondary N) is 1. The van der Waals surface area contributed by atoms with E-state index in [1.165, 1.54) is 9.12 Å². The Morgan fingerprint density at radius 2 is 2.00 bits per heavy atom. The number of aromatic nitrogens is 1. The second kappa shape index (κ2) is 10.9. The molecule has 0 saturated carbocycles. The van der Waals surface area contributed by atoms with Crippen molar-refractivity contribution in [2.24, 2.45) is 0 Å². The number of fused-ring (bicyclic) bond motifs is 1. The van der Waals surface area contributed by atoms with Crippen molar-refractivity contribution in [3.05, 3.63) is 41.2 Å². The molecule has 2 aromatic rings. The van der Waals surface area contributed by atoms with Crippen LogP contribution in [0.15, 0.2) is 30.0 Å². The molecular formula is C22H28IN3O3PS+. The number of carbonyl (C=O) groups excluding carboxylic acids is 2. The van der Waals surface area contributed by atoms with E-state index in [1.807, 2.05) is 75.8 Å². The van der Waals surface area contributed by atoms with Crippen LogP contribution in [0.4, 0.5) is 10.5 Å². The van der Waals surface area contributed by atoms with Crippen molar-refractivity contribution < 1.29 is 14.3 Å². The number of ketones is 1. The summed E-state index contributed by atoms with van der Waals surface area (Å²) in [5.74, 6) is -0.0886. The number of benzene rings is 1. The first kappa shape index (κ1) is 25.8. The van der Waals surface area contributed by atoms with Crippen LogP contribution in [-0.2, 0) is 4.74 Å². The monoisotopic (exact) mass is 572 g/mol. The van der Waals surface area contributed by atoms with Crippen molar-refractivity contribution in [3.8, 4) is 5.63 Å². The molecule has 0 atom stereocenters. The number of nitrogens with zero attached hydrogens (tertiary/aromatic N) is 2. The number of amides is 1. The molecule has 1 heterocycles. The molecule has 0 unspecified atom stereocenters. The zero-order valence-corrected chi connectivity index (χ0v) is 22.7. The Labute approximate surface area is 202 Å². The van der Waals surface area contributed by atoms with Crippen molar-refractivity contribution >= 4 is 66.8 Å². The first-order valence-corrected chi connectivity index (χ1v) is 14.2. The second-order valence-corrected chi connectivity index (χ2v) is 11.0. The van der Waals surface area contributed by atoms with Gasteiger partial charge in [0.05, 0.1) is 0 Å². The predicted octanol–water partition coefficient (Wildman–Crippen LogP) is 6.70. The Kier molecular flexibility index (Phi) is 9.07. The number of aryl methyl sites for hydroxylation is 1. The average molecular weight is 572 g/mol. The molecule has 0 bridgehead atoms. The van der Waals surface area contributed by atoms with Crippen molar-refractivity contribution in [2.75, 3.05) is 25.6 Å². The molecule has 1 aromatic carbocycles. The molecule has 1 aromatic heterocycles. The molecule has 0 fully saturated rings. The van der Waals surface area contributed by atoms with Gasteiger partial charge in [0.2, 0.25) is 0 Å². The van der Waals surface area contributed by atoms with Gasteiger partial charge in [-0.25, -0.2) is 0 Å². The van der Waals surface area contributed by atoms with Crippen LogP contribution in [0.5, 0.6) is 0 Å². The summed E-state index contributed by atoms with van der Waals surface area (Å²) in [5, 5.41) is 3.75. The second-order valence-electron chi connectivity index (χ2n) is 8.17. The van der Waals surface area contributed by atoms with E-state index in [-0.39, 0.29) is 5.78 Å². The molecule has 0 saturated heterocycles. The van der Waals surface area contributed by atoms with Crippen LogP contribution in [0.2, 0.25) is 0 Å². The fraction of sp³-hybridized carbons (Fsp3) is 0.409. The summed E-state index contributed by atoms with van der Waals surface area (Å²) in [6, 6.07) is 5.74. The Morgan fingerprint density at radius 1 is 1.32 bits per heavy atom. The third-order valence-corrected chi connectivity index (χ3v) is 6.46. The first-order chi connectivity index (χ1) is 14.5. The number of halogens is 1. The third-order valence-electron chi connectivity index (χ3n) is 4.03. The van der Waals surface area contributed by atoms with E-state index in [0.29, 0.717) is 17.0 Å². The average Bonchev–Trinajstić information content (AvgIpc) is 3.00. The maximum atomic E-state index is 13.4. The SMILES string of the molecule is CC[P+]#C/C(=C\N(C)C)C(=O)c1cc2cc(C)c(NC(=O)OC(C)(C)C)cc2n1SI. The summed E-state index contributed by atoms with van der Waals surface area (Å²) in [6.45, 7) is 9.43. The van der Waals surface area contributed by atoms with E-state index in [1.54, 1.807) is 6.20 Å². The van der Waals surface area contributed by atoms with E-state index in [0.717, 1.165) is 30.7 Å². The van der Waals surface area contributed by atoms with Crippen LogP contribution in [0, 0.1) is 12.6 Å². The number of carbonyl (C=O) groups is 2. The van der Waals surface area contributed by atoms with Gasteiger partial charge in [0, 0.05) is 0 Å². The molecule has 6 nitrogen and oxygen atoms in total. The number of rotatable bonds is 5. The van der Waals surface area contributed by atoms with Gasteiger partial charge in [-0.15, -0.1) is 0 Å². The number of hydrogen-bond acceptors (Lipinski definition) is 5. The van der Waals surface area contributed by atoms with Gasteiger partial charge in [0.25, 0.3) is 0 Å². The van der Waals surface area contributed by atoms with E-state index in [4.69, 9.17) is 4.74 Å². The molecule has 2 rings (SSSR count). The number of ether oxygens (including phenoxy) is 1. The Morgan fingerprint density at radius 3 is 2.55 bits per heavy atom. The fourth-order valence-corrected chi connectivity index (χ4v) is 5.03. The molecule has 1 N–H and O–H groups in total. The molecular weight excluding hydrogens is 544 g/mol. The van der Waals surface area contributed by atoms with Crippen LogP contribution in [0.25, 0.3) is 10.9 Å². The molecule has 0 aliphatic rings. The topological polar surface area (TPSA) is 63.6 Å². The van der Waals surface area contributed by atoms with Crippen LogP contribution in [-0.4, -0.2) is 46.6 Å². The van der Waals surface area contributed by atoms with Crippen molar-refractivity contribution in [1.82, 2.24) is 8.87 Å². The quantitative estimate of drug-likeness (QED) is 0.187. The Hall–Kier alpha value is -1.47. The minimum atomic E-state index is -0.583. The standard InChI is InChI=1S/C22H27IN3O3PS/c1-8-30-13-16(12-25(6)7)20(27)19-10-15-9-14(2)17(11-18(15)26(19)31-23)24-21(28)29-22(3,4)5/h9-12H,8H2,1-7H3/p+1/b16-12+. The van der Waals surface area contributed by atoms with E-state index < -0.39 is 11.7 Å². The van der Waals surface area contributed by atoms with E-state index in [9.17, 15) is 9.59 Å². The normalized spacial score (nSPS) is 11.8. The molecule has 0 aliphatic heterocycles. The van der Waals surface area contributed by atoms with Gasteiger partial charge in [-0.1, -0.05) is 0 Å². The molecule has 1 amide bonds. The van der Waals surface area contributed by atoms with Crippen LogP contribution in [0.3, 0.4) is 0 Å². The summed E-state index contributed by atoms with van der Waals surface area (Å²) in [7, 11) is 6.16. The Balaban J connectivity index is 2.53. The van der Waals surface area contributed by atoms with E-state index >= 15 is 0 Å². The van der Waals surface area contributed by atoms with Gasteiger partial charge in [-0.05, 0) is 20.8 Å². The number of allylic oxidation sites excluding steroid dienone is 1. The number of Topliss-reactive ketones (excluding diaryl/α,β-unsaturated/α-hetero) is 1. The summed E-state index contributed by atoms with van der Waals surface area (Å²) in [5.41, 5.74) is 6.11. The minimum absolute atomic E-state index is 0.0886. The molecule has 0 radical (unpaired) electrons. The van der Waals surface area contributed by atoms with Crippen molar-refractivity contribution in [1.29, 1.82) is 0 Å². The molecule has 9 heteroatoms. The zero-order valence-electron chi connectivity index (χ0n) is 18.9. The summed E-state index contributed by atoms with van der Waals surface area (Å²) >= 11 is 2.16. The van der Waals surface area contributed by atoms with Crippen LogP contribution in [0.1, 0.15) is 43.7 Å². The van der Waals surface area contributed by atoms with Gasteiger partial charge >= 0.3 is 182 Å². The molecule has 0 spiro atoms. The van der Waals surface area contributed by atoms with Gasteiger partial charge in [-0.3, -0.25) is 0 Å². The van der Waals surface area contributed by atoms with Crippen LogP contribution < -0.4 is 5.32 Å². The third kappa shape index (κ3) is 7.01. The zero-order chi connectivity index (χ0) is 23.3. The summed E-state index contributed by atoms with van der Waals surface area (Å²) < 4.78 is 7.26. The van der Waals surface area contributed by atoms with Gasteiger partial charge < -0.3 is 0 Å². The molecule has 31 heavy (non-hydrogen) atoms. The fourth-order valence-electron chi connectivity index (χ4n) is 2.83. The molecule has 0 aliphatic carbocycles. The van der Waals surface area contributed by atoms with Gasteiger partial charge in [-0.2, -0.15) is 0 Å². The van der Waals surface area contributed by atoms with E-state index in [2.05, 4.69) is 32.1 Å². The number of hydrogen-bond donors (Lipinski definition) is 1. The van der Waals surface area contributed by atoms with Gasteiger partial charge in [0.15, 0.2) is 0 Å². The van der Waals surface area contributed by atoms with Gasteiger partial charge in [0.1, 0.15) is 0 Å². The van der Waals surface area contributed by atoms with Crippen LogP contribution >= 0.6 is 38.4 Å². The maximum absolute atomic E-state index is 13.4. The van der Waals surface area contributed by atoms with Crippen molar-refractivity contribution in [2.45, 2.75) is 40.2 Å². The predicted molar refractivity (Wildman–Crippen MR) is 141 cm³/mol. The summed E-state index contributed by atoms with van der Waals surface area (Å²) in [4.78, 5) is 27.5. The first-order valence-electron chi connectivity index (χ1n) is 9.77. The summed E-state index contributed by atoms with van der Waals surface area (Å²) in [6.07, 6.45) is 2.18.